The molecule has 8 heteroatoms. The molecule has 2 aliphatic rings. The van der Waals surface area contributed by atoms with Gasteiger partial charge in [0.1, 0.15) is 23.9 Å². The molecule has 5 rings (SSSR count). The highest BCUT2D eigenvalue weighted by molar-refractivity contribution is 6.01. The van der Waals surface area contributed by atoms with E-state index in [-0.39, 0.29) is 23.1 Å². The number of aromatic hydroxyl groups is 1. The predicted octanol–water partition coefficient (Wildman–Crippen LogP) is 3.65. The van der Waals surface area contributed by atoms with Crippen LogP contribution in [0.25, 0.3) is 0 Å². The van der Waals surface area contributed by atoms with Crippen LogP contribution in [-0.4, -0.2) is 66.0 Å². The van der Waals surface area contributed by atoms with Gasteiger partial charge in [0, 0.05) is 37.3 Å². The second-order valence-electron chi connectivity index (χ2n) is 9.73. The minimum absolute atomic E-state index is 0.121. The fraction of sp³-hybridized carbons (Fsp3) is 0.310. The summed E-state index contributed by atoms with van der Waals surface area (Å²) in [5, 5.41) is 10.5. The van der Waals surface area contributed by atoms with E-state index < -0.39 is 0 Å². The van der Waals surface area contributed by atoms with Crippen LogP contribution in [-0.2, 0) is 26.2 Å². The molecule has 0 fully saturated rings. The van der Waals surface area contributed by atoms with Crippen molar-refractivity contribution in [3.8, 4) is 17.2 Å². The molecule has 3 aromatic rings. The Morgan fingerprint density at radius 1 is 0.892 bits per heavy atom. The molecule has 0 spiro atoms. The third kappa shape index (κ3) is 4.97. The van der Waals surface area contributed by atoms with Gasteiger partial charge in [0.2, 0.25) is 0 Å². The third-order valence-electron chi connectivity index (χ3n) is 6.92. The number of carbonyl (C=O) groups excluding carboxylic acids is 2. The number of fused-ring (bicyclic) bond motifs is 2. The summed E-state index contributed by atoms with van der Waals surface area (Å²) < 4.78 is 11.3. The number of likely N-dealkylation sites (N-methyl/N-ethyl adjacent to an activating group) is 1. The molecule has 3 aromatic carbocycles. The van der Waals surface area contributed by atoms with E-state index in [2.05, 4.69) is 4.90 Å². The number of methoxy groups -OCH3 is 1. The minimum Gasteiger partial charge on any atom is -0.507 e. The van der Waals surface area contributed by atoms with Crippen LogP contribution >= 0.6 is 0 Å². The summed E-state index contributed by atoms with van der Waals surface area (Å²) in [6.45, 7) is 3.15. The van der Waals surface area contributed by atoms with Gasteiger partial charge in [-0.15, -0.1) is 0 Å². The summed E-state index contributed by atoms with van der Waals surface area (Å²) in [7, 11) is 5.61. The standard InChI is InChI=1S/C29H31N3O5/c1-30(2)11-12-37-23-9-7-20-15-31(17-22(20)13-23)29(35)24-14-19(8-10-26(24)33)28(34)32-16-21-5-4-6-27(36-3)25(21)18-32/h4-10,13-14,33H,11-12,15-18H2,1-3H3. The maximum Gasteiger partial charge on any atom is 0.258 e. The second kappa shape index (κ2) is 10.1. The fourth-order valence-corrected chi connectivity index (χ4v) is 4.87. The van der Waals surface area contributed by atoms with Crippen LogP contribution in [0.15, 0.2) is 54.6 Å². The normalized spacial score (nSPS) is 14.1. The number of nitrogens with zero attached hydrogens (tertiary/aromatic N) is 3. The number of phenolic OH excluding ortho intramolecular Hbond substituents is 1. The van der Waals surface area contributed by atoms with Gasteiger partial charge in [0.25, 0.3) is 11.8 Å². The monoisotopic (exact) mass is 501 g/mol. The molecule has 192 valence electrons. The minimum atomic E-state index is -0.315. The summed E-state index contributed by atoms with van der Waals surface area (Å²) in [6.07, 6.45) is 0. The van der Waals surface area contributed by atoms with E-state index >= 15 is 0 Å². The topological polar surface area (TPSA) is 82.5 Å². The predicted molar refractivity (Wildman–Crippen MR) is 139 cm³/mol. The number of hydrogen-bond acceptors (Lipinski definition) is 6. The molecule has 0 bridgehead atoms. The highest BCUT2D eigenvalue weighted by Crippen LogP contribution is 2.33. The van der Waals surface area contributed by atoms with Crippen molar-refractivity contribution in [2.24, 2.45) is 0 Å². The average Bonchev–Trinajstić information content (AvgIpc) is 3.52. The van der Waals surface area contributed by atoms with Crippen molar-refractivity contribution in [1.29, 1.82) is 0 Å². The number of amides is 2. The highest BCUT2D eigenvalue weighted by Gasteiger charge is 2.30. The second-order valence-corrected chi connectivity index (χ2v) is 9.73. The lowest BCUT2D eigenvalue weighted by atomic mass is 10.1. The van der Waals surface area contributed by atoms with E-state index in [0.29, 0.717) is 38.3 Å². The Hall–Kier alpha value is -4.04. The van der Waals surface area contributed by atoms with Gasteiger partial charge in [0.15, 0.2) is 0 Å². The van der Waals surface area contributed by atoms with Crippen LogP contribution in [0.4, 0.5) is 0 Å². The van der Waals surface area contributed by atoms with Crippen molar-refractivity contribution in [2.45, 2.75) is 26.2 Å². The van der Waals surface area contributed by atoms with Gasteiger partial charge >= 0.3 is 0 Å². The van der Waals surface area contributed by atoms with Crippen molar-refractivity contribution in [3.05, 3.63) is 88.0 Å². The number of rotatable bonds is 7. The third-order valence-corrected chi connectivity index (χ3v) is 6.92. The van der Waals surface area contributed by atoms with Crippen LogP contribution < -0.4 is 9.47 Å². The van der Waals surface area contributed by atoms with Gasteiger partial charge in [0.05, 0.1) is 19.2 Å². The molecule has 0 aliphatic carbocycles. The first-order valence-corrected chi connectivity index (χ1v) is 12.3. The maximum atomic E-state index is 13.4. The van der Waals surface area contributed by atoms with Crippen molar-refractivity contribution >= 4 is 11.8 Å². The molecule has 2 amide bonds. The molecule has 2 aliphatic heterocycles. The average molecular weight is 502 g/mol. The highest BCUT2D eigenvalue weighted by atomic mass is 16.5. The van der Waals surface area contributed by atoms with Gasteiger partial charge in [-0.25, -0.2) is 0 Å². The van der Waals surface area contributed by atoms with Crippen molar-refractivity contribution in [2.75, 3.05) is 34.4 Å². The first-order chi connectivity index (χ1) is 17.8. The summed E-state index contributed by atoms with van der Waals surface area (Å²) >= 11 is 0. The molecular weight excluding hydrogens is 470 g/mol. The zero-order valence-electron chi connectivity index (χ0n) is 21.4. The van der Waals surface area contributed by atoms with Crippen molar-refractivity contribution in [1.82, 2.24) is 14.7 Å². The van der Waals surface area contributed by atoms with E-state index in [1.54, 1.807) is 23.0 Å². The Bertz CT molecular complexity index is 1350. The van der Waals surface area contributed by atoms with Crippen LogP contribution in [0.5, 0.6) is 17.2 Å². The summed E-state index contributed by atoms with van der Waals surface area (Å²) in [5.41, 5.74) is 4.59. The van der Waals surface area contributed by atoms with Crippen molar-refractivity contribution in [3.63, 3.8) is 0 Å². The molecule has 0 radical (unpaired) electrons. The largest absolute Gasteiger partial charge is 0.507 e. The van der Waals surface area contributed by atoms with E-state index in [9.17, 15) is 14.7 Å². The Morgan fingerprint density at radius 2 is 1.65 bits per heavy atom. The van der Waals surface area contributed by atoms with E-state index in [1.165, 1.54) is 12.1 Å². The van der Waals surface area contributed by atoms with E-state index in [4.69, 9.17) is 9.47 Å². The smallest absolute Gasteiger partial charge is 0.258 e. The quantitative estimate of drug-likeness (QED) is 0.532. The van der Waals surface area contributed by atoms with Gasteiger partial charge in [-0.1, -0.05) is 18.2 Å². The molecule has 37 heavy (non-hydrogen) atoms. The first kappa shape index (κ1) is 24.6. The number of phenols is 1. The lowest BCUT2D eigenvalue weighted by molar-refractivity contribution is 0.0747. The lowest BCUT2D eigenvalue weighted by Crippen LogP contribution is -2.27. The Labute approximate surface area is 216 Å². The molecule has 0 saturated heterocycles. The molecule has 0 atom stereocenters. The lowest BCUT2D eigenvalue weighted by Gasteiger charge is -2.19. The van der Waals surface area contributed by atoms with Gasteiger partial charge in [-0.3, -0.25) is 9.59 Å². The van der Waals surface area contributed by atoms with Gasteiger partial charge in [-0.2, -0.15) is 0 Å². The maximum absolute atomic E-state index is 13.4. The SMILES string of the molecule is COc1cccc2c1CN(C(=O)c1ccc(O)c(C(=O)N3Cc4ccc(OCCN(C)C)cc4C3)c1)C2. The van der Waals surface area contributed by atoms with Crippen LogP contribution in [0.1, 0.15) is 43.0 Å². The van der Waals surface area contributed by atoms with Crippen LogP contribution in [0.2, 0.25) is 0 Å². The number of ether oxygens (including phenoxy) is 2. The molecule has 1 N–H and O–H groups in total. The summed E-state index contributed by atoms with van der Waals surface area (Å²) in [4.78, 5) is 32.2. The fourth-order valence-electron chi connectivity index (χ4n) is 4.87. The summed E-state index contributed by atoms with van der Waals surface area (Å²) in [5.74, 6) is 0.876. The molecular formula is C29H31N3O5. The van der Waals surface area contributed by atoms with E-state index in [0.717, 1.165) is 40.3 Å². The van der Waals surface area contributed by atoms with Crippen LogP contribution in [0.3, 0.4) is 0 Å². The van der Waals surface area contributed by atoms with Crippen LogP contribution in [0, 0.1) is 0 Å². The number of carbonyl (C=O) groups is 2. The summed E-state index contributed by atoms with van der Waals surface area (Å²) in [6, 6.07) is 16.1. The molecule has 0 unspecified atom stereocenters. The Balaban J connectivity index is 1.29. The molecule has 0 aromatic heterocycles. The van der Waals surface area contributed by atoms with Crippen molar-refractivity contribution < 1.29 is 24.2 Å². The number of hydrogen-bond donors (Lipinski definition) is 1. The van der Waals surface area contributed by atoms with E-state index in [1.807, 2.05) is 50.5 Å². The Morgan fingerprint density at radius 3 is 2.43 bits per heavy atom. The molecule has 0 saturated carbocycles. The first-order valence-electron chi connectivity index (χ1n) is 12.3. The zero-order chi connectivity index (χ0) is 26.1. The molecule has 2 heterocycles. The molecule has 8 nitrogen and oxygen atoms in total. The number of benzene rings is 3. The zero-order valence-corrected chi connectivity index (χ0v) is 21.4. The van der Waals surface area contributed by atoms with Gasteiger partial charge in [-0.05, 0) is 67.2 Å². The Kier molecular flexibility index (Phi) is 6.76. The van der Waals surface area contributed by atoms with Gasteiger partial charge < -0.3 is 29.3 Å².